The number of aryl methyl sites for hydroxylation is 1. The molecule has 9 nitrogen and oxygen atoms in total. The number of nitrogens with one attached hydrogen (secondary N) is 1. The Morgan fingerprint density at radius 2 is 1.89 bits per heavy atom. The number of pyridine rings is 2. The lowest BCUT2D eigenvalue weighted by Gasteiger charge is -2.33. The summed E-state index contributed by atoms with van der Waals surface area (Å²) in [5, 5.41) is 21.5. The lowest BCUT2D eigenvalue weighted by atomic mass is 10.0. The van der Waals surface area contributed by atoms with E-state index in [1.807, 2.05) is 57.8 Å². The molecule has 0 aromatic carbocycles. The summed E-state index contributed by atoms with van der Waals surface area (Å²) in [6.45, 7) is 5.52. The zero-order valence-electron chi connectivity index (χ0n) is 20.1. The maximum Gasteiger partial charge on any atom is 0.222 e. The molecule has 0 unspecified atom stereocenters. The van der Waals surface area contributed by atoms with Gasteiger partial charge in [-0.3, -0.25) is 9.48 Å². The first-order valence-corrected chi connectivity index (χ1v) is 11.8. The number of nitriles is 1. The van der Waals surface area contributed by atoms with Gasteiger partial charge in [-0.15, -0.1) is 0 Å². The number of fused-ring (bicyclic) bond motifs is 1. The molecule has 1 fully saturated rings. The number of nitrogens with zero attached hydrogens (tertiary/aromatic N) is 7. The average molecular weight is 469 g/mol. The van der Waals surface area contributed by atoms with Crippen molar-refractivity contribution >= 4 is 17.2 Å². The van der Waals surface area contributed by atoms with E-state index in [4.69, 9.17) is 4.98 Å². The van der Waals surface area contributed by atoms with Gasteiger partial charge in [-0.2, -0.15) is 15.5 Å². The van der Waals surface area contributed by atoms with E-state index in [9.17, 15) is 10.1 Å². The summed E-state index contributed by atoms with van der Waals surface area (Å²) < 4.78 is 3.51. The second-order valence-corrected chi connectivity index (χ2v) is 9.34. The minimum atomic E-state index is 0.00250. The van der Waals surface area contributed by atoms with Crippen LogP contribution in [0.1, 0.15) is 32.3 Å². The summed E-state index contributed by atoms with van der Waals surface area (Å²) >= 11 is 0. The Morgan fingerprint density at radius 1 is 1.09 bits per heavy atom. The molecule has 1 aliphatic heterocycles. The third-order valence-corrected chi connectivity index (χ3v) is 6.52. The second kappa shape index (κ2) is 9.22. The second-order valence-electron chi connectivity index (χ2n) is 9.34. The van der Waals surface area contributed by atoms with Crippen LogP contribution in [-0.2, 0) is 11.8 Å². The summed E-state index contributed by atoms with van der Waals surface area (Å²) in [5.41, 5.74) is 5.03. The molecule has 1 aliphatic rings. The van der Waals surface area contributed by atoms with Crippen LogP contribution in [0.15, 0.2) is 49.2 Å². The van der Waals surface area contributed by atoms with E-state index in [0.29, 0.717) is 5.56 Å². The Labute approximate surface area is 204 Å². The Balaban J connectivity index is 1.41. The van der Waals surface area contributed by atoms with E-state index in [-0.39, 0.29) is 17.9 Å². The maximum absolute atomic E-state index is 12.0. The van der Waals surface area contributed by atoms with Gasteiger partial charge in [-0.1, -0.05) is 13.8 Å². The molecule has 0 saturated carbocycles. The third kappa shape index (κ3) is 4.47. The van der Waals surface area contributed by atoms with E-state index in [0.717, 1.165) is 59.5 Å². The van der Waals surface area contributed by atoms with Crippen LogP contribution in [0.2, 0.25) is 0 Å². The lowest BCUT2D eigenvalue weighted by molar-refractivity contribution is -0.124. The number of carbonyl (C=O) groups is 1. The van der Waals surface area contributed by atoms with Crippen LogP contribution in [0.5, 0.6) is 0 Å². The number of aromatic nitrogens is 5. The van der Waals surface area contributed by atoms with Crippen molar-refractivity contribution in [3.8, 4) is 28.3 Å². The van der Waals surface area contributed by atoms with E-state index < -0.39 is 0 Å². The fourth-order valence-corrected chi connectivity index (χ4v) is 4.50. The fourth-order valence-electron chi connectivity index (χ4n) is 4.50. The van der Waals surface area contributed by atoms with Gasteiger partial charge in [0.15, 0.2) is 0 Å². The Hall–Kier alpha value is -4.19. The SMILES string of the molecule is CC(C)C(=O)NC1CCN(c2ccc(-c3cc(-c4cnn(C)c4)cn4ncc(C#N)c34)cn2)CC1. The zero-order valence-corrected chi connectivity index (χ0v) is 20.1. The van der Waals surface area contributed by atoms with E-state index in [1.165, 1.54) is 0 Å². The van der Waals surface area contributed by atoms with Crippen molar-refractivity contribution < 1.29 is 4.79 Å². The number of rotatable bonds is 5. The van der Waals surface area contributed by atoms with Gasteiger partial charge in [0.25, 0.3) is 0 Å². The smallest absolute Gasteiger partial charge is 0.222 e. The molecule has 1 amide bonds. The minimum Gasteiger partial charge on any atom is -0.356 e. The first-order chi connectivity index (χ1) is 16.9. The topological polar surface area (TPSA) is 104 Å². The number of carbonyl (C=O) groups excluding carboxylic acids is 1. The molecule has 5 heterocycles. The first kappa shape index (κ1) is 22.6. The summed E-state index contributed by atoms with van der Waals surface area (Å²) in [7, 11) is 1.88. The normalized spacial score (nSPS) is 14.4. The van der Waals surface area contributed by atoms with Crippen LogP contribution in [-0.4, -0.2) is 49.4 Å². The molecular weight excluding hydrogens is 440 g/mol. The van der Waals surface area contributed by atoms with Gasteiger partial charge < -0.3 is 10.2 Å². The first-order valence-electron chi connectivity index (χ1n) is 11.8. The molecule has 4 aromatic heterocycles. The van der Waals surface area contributed by atoms with Crippen molar-refractivity contribution in [1.82, 2.24) is 29.7 Å². The van der Waals surface area contributed by atoms with Gasteiger partial charge >= 0.3 is 0 Å². The van der Waals surface area contributed by atoms with Crippen molar-refractivity contribution in [3.05, 3.63) is 54.7 Å². The van der Waals surface area contributed by atoms with Gasteiger partial charge in [0, 0.05) is 72.9 Å². The van der Waals surface area contributed by atoms with Gasteiger partial charge in [-0.25, -0.2) is 9.50 Å². The number of hydrogen-bond donors (Lipinski definition) is 1. The zero-order chi connectivity index (χ0) is 24.5. The number of hydrogen-bond acceptors (Lipinski definition) is 6. The van der Waals surface area contributed by atoms with Crippen molar-refractivity contribution in [1.29, 1.82) is 5.26 Å². The van der Waals surface area contributed by atoms with Gasteiger partial charge in [0.2, 0.25) is 5.91 Å². The van der Waals surface area contributed by atoms with Gasteiger partial charge in [0.1, 0.15) is 11.9 Å². The van der Waals surface area contributed by atoms with E-state index in [1.54, 1.807) is 15.4 Å². The standard InChI is InChI=1S/C26H28N8O/c1-17(2)26(35)31-22-6-8-33(9-7-22)24-5-4-18(12-28-24)23-10-19(21-14-29-32(3)15-21)16-34-25(23)20(11-27)13-30-34/h4-5,10,12-17,22H,6-9H2,1-3H3,(H,31,35). The lowest BCUT2D eigenvalue weighted by Crippen LogP contribution is -2.46. The predicted molar refractivity (Wildman–Crippen MR) is 134 cm³/mol. The average Bonchev–Trinajstić information content (AvgIpc) is 3.50. The monoisotopic (exact) mass is 468 g/mol. The molecule has 5 rings (SSSR count). The Bertz CT molecular complexity index is 1400. The summed E-state index contributed by atoms with van der Waals surface area (Å²) in [6.07, 6.45) is 10.9. The molecule has 0 radical (unpaired) electrons. The molecule has 1 N–H and O–H groups in total. The molecule has 0 spiro atoms. The van der Waals surface area contributed by atoms with Crippen LogP contribution in [0, 0.1) is 17.2 Å². The molecule has 178 valence electrons. The largest absolute Gasteiger partial charge is 0.356 e. The van der Waals surface area contributed by atoms with Crippen LogP contribution >= 0.6 is 0 Å². The predicted octanol–water partition coefficient (Wildman–Crippen LogP) is 3.41. The highest BCUT2D eigenvalue weighted by Crippen LogP contribution is 2.32. The van der Waals surface area contributed by atoms with E-state index in [2.05, 4.69) is 32.5 Å². The van der Waals surface area contributed by atoms with Crippen LogP contribution in [0.25, 0.3) is 27.8 Å². The van der Waals surface area contributed by atoms with Crippen molar-refractivity contribution in [3.63, 3.8) is 0 Å². The Kier molecular flexibility index (Phi) is 5.95. The van der Waals surface area contributed by atoms with Crippen molar-refractivity contribution in [2.45, 2.75) is 32.7 Å². The molecule has 0 atom stereocenters. The molecule has 1 saturated heterocycles. The highest BCUT2D eigenvalue weighted by molar-refractivity contribution is 5.87. The van der Waals surface area contributed by atoms with Crippen LogP contribution < -0.4 is 10.2 Å². The minimum absolute atomic E-state index is 0.00250. The van der Waals surface area contributed by atoms with Crippen LogP contribution in [0.4, 0.5) is 5.82 Å². The number of amides is 1. The molecule has 9 heteroatoms. The third-order valence-electron chi connectivity index (χ3n) is 6.52. The molecule has 0 bridgehead atoms. The number of piperidine rings is 1. The summed E-state index contributed by atoms with van der Waals surface area (Å²) in [5.74, 6) is 1.03. The maximum atomic E-state index is 12.0. The number of anilines is 1. The van der Waals surface area contributed by atoms with Crippen LogP contribution in [0.3, 0.4) is 0 Å². The molecule has 35 heavy (non-hydrogen) atoms. The molecule has 0 aliphatic carbocycles. The molecule has 4 aromatic rings. The Morgan fingerprint density at radius 3 is 2.51 bits per heavy atom. The van der Waals surface area contributed by atoms with Gasteiger partial charge in [0.05, 0.1) is 23.5 Å². The highest BCUT2D eigenvalue weighted by Gasteiger charge is 2.22. The fraction of sp³-hybridized carbons (Fsp3) is 0.346. The van der Waals surface area contributed by atoms with E-state index >= 15 is 0 Å². The summed E-state index contributed by atoms with van der Waals surface area (Å²) in [6, 6.07) is 8.61. The molecular formula is C26H28N8O. The highest BCUT2D eigenvalue weighted by atomic mass is 16.1. The quantitative estimate of drug-likeness (QED) is 0.481. The van der Waals surface area contributed by atoms with Crippen molar-refractivity contribution in [2.75, 3.05) is 18.0 Å². The van der Waals surface area contributed by atoms with Crippen molar-refractivity contribution in [2.24, 2.45) is 13.0 Å². The van der Waals surface area contributed by atoms with Gasteiger partial charge in [-0.05, 0) is 31.0 Å². The summed E-state index contributed by atoms with van der Waals surface area (Å²) in [4.78, 5) is 19.0.